The number of nitrogens with one attached hydrogen (secondary N) is 1. The Morgan fingerprint density at radius 1 is 1.07 bits per heavy atom. The second kappa shape index (κ2) is 7.04. The van der Waals surface area contributed by atoms with Gasteiger partial charge in [-0.2, -0.15) is 0 Å². The number of piperidine rings is 1. The molecule has 1 aliphatic rings. The first-order valence-electron chi connectivity index (χ1n) is 9.54. The molecule has 4 aromatic rings. The molecule has 29 heavy (non-hydrogen) atoms. The minimum Gasteiger partial charge on any atom is -0.490 e. The van der Waals surface area contributed by atoms with Crippen LogP contribution in [0.25, 0.3) is 28.1 Å². The van der Waals surface area contributed by atoms with Crippen molar-refractivity contribution >= 4 is 16.6 Å². The van der Waals surface area contributed by atoms with Crippen LogP contribution in [0.5, 0.6) is 5.75 Å². The van der Waals surface area contributed by atoms with Gasteiger partial charge in [-0.1, -0.05) is 6.07 Å². The summed E-state index contributed by atoms with van der Waals surface area (Å²) >= 11 is 0. The van der Waals surface area contributed by atoms with Gasteiger partial charge in [-0.05, 0) is 62.3 Å². The predicted molar refractivity (Wildman–Crippen MR) is 105 cm³/mol. The van der Waals surface area contributed by atoms with Gasteiger partial charge >= 0.3 is 0 Å². The van der Waals surface area contributed by atoms with Crippen LogP contribution in [-0.2, 0) is 0 Å². The number of pyridine rings is 2. The second-order valence-electron chi connectivity index (χ2n) is 7.34. The van der Waals surface area contributed by atoms with Gasteiger partial charge < -0.3 is 10.1 Å². The third-order valence-electron chi connectivity index (χ3n) is 5.25. The highest BCUT2D eigenvalue weighted by atomic mass is 19.1. The van der Waals surface area contributed by atoms with Crippen molar-refractivity contribution in [2.75, 3.05) is 19.7 Å². The Morgan fingerprint density at radius 3 is 2.79 bits per heavy atom. The number of benzene rings is 1. The second-order valence-corrected chi connectivity index (χ2v) is 7.34. The number of nitrogens with zero attached hydrogens (tertiary/aromatic N) is 4. The van der Waals surface area contributed by atoms with Gasteiger partial charge in [-0.15, -0.1) is 10.2 Å². The van der Waals surface area contributed by atoms with Crippen LogP contribution in [0.4, 0.5) is 8.78 Å². The summed E-state index contributed by atoms with van der Waals surface area (Å²) in [5, 5.41) is 12.2. The number of hydrogen-bond donors (Lipinski definition) is 1. The number of ether oxygens (including phenoxy) is 1. The number of alkyl halides is 1. The molecule has 0 bridgehead atoms. The first kappa shape index (κ1) is 17.9. The highest BCUT2D eigenvalue weighted by Crippen LogP contribution is 2.27. The molecule has 0 atom stereocenters. The van der Waals surface area contributed by atoms with Crippen LogP contribution in [0.15, 0.2) is 48.7 Å². The molecule has 0 amide bonds. The molecule has 148 valence electrons. The van der Waals surface area contributed by atoms with Gasteiger partial charge in [-0.3, -0.25) is 4.40 Å². The van der Waals surface area contributed by atoms with Crippen LogP contribution < -0.4 is 10.1 Å². The summed E-state index contributed by atoms with van der Waals surface area (Å²) < 4.78 is 35.6. The van der Waals surface area contributed by atoms with E-state index in [1.807, 2.05) is 18.2 Å². The molecule has 1 aromatic carbocycles. The Labute approximate surface area is 165 Å². The molecule has 1 saturated heterocycles. The quantitative estimate of drug-likeness (QED) is 0.573. The molecule has 0 saturated carbocycles. The van der Waals surface area contributed by atoms with Crippen molar-refractivity contribution < 1.29 is 13.5 Å². The zero-order valence-corrected chi connectivity index (χ0v) is 15.6. The fourth-order valence-electron chi connectivity index (χ4n) is 3.59. The van der Waals surface area contributed by atoms with Crippen molar-refractivity contribution in [3.8, 4) is 17.3 Å². The molecular weight excluding hydrogens is 376 g/mol. The maximum absolute atomic E-state index is 14.7. The third kappa shape index (κ3) is 3.51. The molecular formula is C21H19F2N5O. The lowest BCUT2D eigenvalue weighted by molar-refractivity contribution is 0.0540. The van der Waals surface area contributed by atoms with Crippen LogP contribution in [0.2, 0.25) is 0 Å². The lowest BCUT2D eigenvalue weighted by atomic mass is 9.95. The van der Waals surface area contributed by atoms with Crippen molar-refractivity contribution in [3.05, 3.63) is 54.5 Å². The minimum absolute atomic E-state index is 0.0446. The highest BCUT2D eigenvalue weighted by molar-refractivity contribution is 5.82. The number of hydrogen-bond acceptors (Lipinski definition) is 5. The Balaban J connectivity index is 1.41. The summed E-state index contributed by atoms with van der Waals surface area (Å²) in [7, 11) is 0. The molecule has 1 fully saturated rings. The normalized spacial score (nSPS) is 16.3. The molecule has 5 rings (SSSR count). The largest absolute Gasteiger partial charge is 0.490 e. The summed E-state index contributed by atoms with van der Waals surface area (Å²) in [6, 6.07) is 12.1. The first-order valence-corrected chi connectivity index (χ1v) is 9.54. The van der Waals surface area contributed by atoms with Gasteiger partial charge in [0.05, 0.1) is 5.52 Å². The fraction of sp³-hybridized carbons (Fsp3) is 0.286. The van der Waals surface area contributed by atoms with Gasteiger partial charge in [-0.25, -0.2) is 13.8 Å². The van der Waals surface area contributed by atoms with Crippen LogP contribution >= 0.6 is 0 Å². The average Bonchev–Trinajstić information content (AvgIpc) is 3.15. The highest BCUT2D eigenvalue weighted by Gasteiger charge is 2.32. The van der Waals surface area contributed by atoms with E-state index in [-0.39, 0.29) is 12.4 Å². The zero-order valence-electron chi connectivity index (χ0n) is 15.6. The standard InChI is InChI=1S/C21H19F2N5O/c22-15-2-6-19-26-27-20(28(19)12-15)18-4-1-14-11-16(3-5-17(14)25-18)29-13-21(23)7-9-24-10-8-21/h1-6,11-12,24H,7-10,13H2. The van der Waals surface area contributed by atoms with Gasteiger partial charge in [0.2, 0.25) is 0 Å². The number of rotatable bonds is 4. The van der Waals surface area contributed by atoms with Crippen molar-refractivity contribution in [1.29, 1.82) is 0 Å². The average molecular weight is 395 g/mol. The monoisotopic (exact) mass is 395 g/mol. The molecule has 0 unspecified atom stereocenters. The van der Waals surface area contributed by atoms with E-state index in [0.29, 0.717) is 48.8 Å². The molecule has 8 heteroatoms. The molecule has 6 nitrogen and oxygen atoms in total. The molecule has 0 aliphatic carbocycles. The lowest BCUT2D eigenvalue weighted by Crippen LogP contribution is -2.42. The fourth-order valence-corrected chi connectivity index (χ4v) is 3.59. The van der Waals surface area contributed by atoms with E-state index in [1.165, 1.54) is 12.3 Å². The van der Waals surface area contributed by atoms with Crippen molar-refractivity contribution in [2.24, 2.45) is 0 Å². The van der Waals surface area contributed by atoms with Crippen molar-refractivity contribution in [1.82, 2.24) is 24.9 Å². The molecule has 1 N–H and O–H groups in total. The number of aromatic nitrogens is 4. The van der Waals surface area contributed by atoms with Gasteiger partial charge in [0.1, 0.15) is 29.5 Å². The van der Waals surface area contributed by atoms with E-state index in [4.69, 9.17) is 4.74 Å². The molecule has 4 heterocycles. The maximum Gasteiger partial charge on any atom is 0.187 e. The summed E-state index contributed by atoms with van der Waals surface area (Å²) in [4.78, 5) is 4.62. The molecule has 0 radical (unpaired) electrons. The lowest BCUT2D eigenvalue weighted by Gasteiger charge is -2.29. The van der Waals surface area contributed by atoms with Crippen LogP contribution in [0.3, 0.4) is 0 Å². The van der Waals surface area contributed by atoms with Gasteiger partial charge in [0.15, 0.2) is 11.5 Å². The molecule has 3 aromatic heterocycles. The van der Waals surface area contributed by atoms with E-state index >= 15 is 0 Å². The predicted octanol–water partition coefficient (Wildman–Crippen LogP) is 3.55. The summed E-state index contributed by atoms with van der Waals surface area (Å²) in [6.07, 6.45) is 2.25. The maximum atomic E-state index is 14.7. The Hall–Kier alpha value is -3.13. The van der Waals surface area contributed by atoms with Crippen LogP contribution in [0, 0.1) is 5.82 Å². The Bertz CT molecular complexity index is 1190. The van der Waals surface area contributed by atoms with E-state index in [1.54, 1.807) is 22.6 Å². The minimum atomic E-state index is -1.29. The molecule has 1 aliphatic heterocycles. The Kier molecular flexibility index (Phi) is 4.35. The van der Waals surface area contributed by atoms with Gasteiger partial charge in [0.25, 0.3) is 0 Å². The smallest absolute Gasteiger partial charge is 0.187 e. The van der Waals surface area contributed by atoms with Crippen LogP contribution in [0.1, 0.15) is 12.8 Å². The zero-order chi connectivity index (χ0) is 19.8. The molecule has 0 spiro atoms. The van der Waals surface area contributed by atoms with Crippen molar-refractivity contribution in [3.63, 3.8) is 0 Å². The van der Waals surface area contributed by atoms with Gasteiger partial charge in [0, 0.05) is 11.6 Å². The van der Waals surface area contributed by atoms with Crippen molar-refractivity contribution in [2.45, 2.75) is 18.5 Å². The van der Waals surface area contributed by atoms with E-state index in [0.717, 1.165) is 10.9 Å². The SMILES string of the molecule is Fc1ccc2nnc(-c3ccc4cc(OCC5(F)CCNCC5)ccc4n3)n2c1. The third-order valence-corrected chi connectivity index (χ3v) is 5.25. The topological polar surface area (TPSA) is 64.3 Å². The van der Waals surface area contributed by atoms with E-state index in [2.05, 4.69) is 20.5 Å². The number of fused-ring (bicyclic) bond motifs is 2. The first-order chi connectivity index (χ1) is 14.1. The van der Waals surface area contributed by atoms with E-state index in [9.17, 15) is 8.78 Å². The van der Waals surface area contributed by atoms with E-state index < -0.39 is 5.67 Å². The Morgan fingerprint density at radius 2 is 1.93 bits per heavy atom. The summed E-state index contributed by atoms with van der Waals surface area (Å²) in [6.45, 7) is 1.39. The van der Waals surface area contributed by atoms with Crippen LogP contribution in [-0.4, -0.2) is 44.9 Å². The summed E-state index contributed by atoms with van der Waals surface area (Å²) in [5.74, 6) is 0.699. The number of halogens is 2. The summed E-state index contributed by atoms with van der Waals surface area (Å²) in [5.41, 5.74) is 0.582.